The highest BCUT2D eigenvalue weighted by atomic mass is 35.5. The second-order valence-corrected chi connectivity index (χ2v) is 7.24. The van der Waals surface area contributed by atoms with E-state index >= 15 is 0 Å². The molecule has 1 aromatic rings. The van der Waals surface area contributed by atoms with E-state index in [9.17, 15) is 4.79 Å². The van der Waals surface area contributed by atoms with E-state index in [1.807, 2.05) is 0 Å². The predicted molar refractivity (Wildman–Crippen MR) is 100 cm³/mol. The summed E-state index contributed by atoms with van der Waals surface area (Å²) in [6.07, 6.45) is 0.906. The van der Waals surface area contributed by atoms with Gasteiger partial charge in [0.05, 0.1) is 10.0 Å². The van der Waals surface area contributed by atoms with Crippen molar-refractivity contribution < 1.29 is 0 Å². The normalized spacial score (nSPS) is 16.3. The van der Waals surface area contributed by atoms with E-state index in [4.69, 9.17) is 34.8 Å². The molecule has 1 aromatic carbocycles. The Hall–Kier alpha value is -1.76. The van der Waals surface area contributed by atoms with E-state index in [0.717, 1.165) is 6.42 Å². The molecule has 1 N–H and O–H groups in total. The molecule has 0 amide bonds. The smallest absolute Gasteiger partial charge is 0.331 e. The number of anilines is 1. The van der Waals surface area contributed by atoms with Gasteiger partial charge in [-0.25, -0.2) is 14.8 Å². The van der Waals surface area contributed by atoms with Gasteiger partial charge in [0.25, 0.3) is 0 Å². The number of nitrogens with zero attached hydrogens (tertiary/aromatic N) is 4. The lowest BCUT2D eigenvalue weighted by atomic mass is 10.2. The van der Waals surface area contributed by atoms with Crippen molar-refractivity contribution in [1.29, 1.82) is 0 Å². The van der Waals surface area contributed by atoms with Crippen molar-refractivity contribution in [3.63, 3.8) is 0 Å². The van der Waals surface area contributed by atoms with Gasteiger partial charge in [0.2, 0.25) is 0 Å². The van der Waals surface area contributed by atoms with E-state index in [1.54, 1.807) is 23.7 Å². The van der Waals surface area contributed by atoms with Gasteiger partial charge in [-0.2, -0.15) is 0 Å². The predicted octanol–water partition coefficient (Wildman–Crippen LogP) is 3.91. The van der Waals surface area contributed by atoms with Crippen LogP contribution in [0.25, 0.3) is 22.9 Å². The van der Waals surface area contributed by atoms with Crippen molar-refractivity contribution in [3.05, 3.63) is 37.7 Å². The summed E-state index contributed by atoms with van der Waals surface area (Å²) in [5, 5.41) is 4.46. The Kier molecular flexibility index (Phi) is 3.94. The number of imidazole rings is 1. The molecule has 3 aliphatic rings. The highest BCUT2D eigenvalue weighted by molar-refractivity contribution is 6.44. The molecular formula is C16H14Cl3N5O. The van der Waals surface area contributed by atoms with Gasteiger partial charge in [0.1, 0.15) is 11.5 Å². The first kappa shape index (κ1) is 16.7. The van der Waals surface area contributed by atoms with Crippen molar-refractivity contribution in [3.8, 4) is 22.9 Å². The van der Waals surface area contributed by atoms with Crippen molar-refractivity contribution in [2.45, 2.75) is 25.9 Å². The molecule has 0 unspecified atom stereocenters. The lowest BCUT2D eigenvalue weighted by Gasteiger charge is -2.10. The van der Waals surface area contributed by atoms with E-state index in [1.165, 1.54) is 4.57 Å². The van der Waals surface area contributed by atoms with E-state index in [2.05, 4.69) is 22.2 Å². The Labute approximate surface area is 158 Å². The highest BCUT2D eigenvalue weighted by Gasteiger charge is 2.30. The molecule has 0 saturated heterocycles. The Morgan fingerprint density at radius 3 is 2.76 bits per heavy atom. The minimum atomic E-state index is -0.132. The number of nitrogens with one attached hydrogen (secondary N) is 1. The molecule has 25 heavy (non-hydrogen) atoms. The molecule has 130 valence electrons. The maximum atomic E-state index is 12.6. The standard InChI is InChI=1S/C16H14Cl3N5O/c1-3-8-6-24-15(20-8)12-14(23(2)16(24)25)22-13(21-12)9-4-7(17)5-10(18)11(9)19/h4-5,8,20H,3,6H2,1-2H3/t8-/m1/s1. The monoisotopic (exact) mass is 397 g/mol. The summed E-state index contributed by atoms with van der Waals surface area (Å²) in [7, 11) is 1.68. The lowest BCUT2D eigenvalue weighted by molar-refractivity contribution is 0.590. The summed E-state index contributed by atoms with van der Waals surface area (Å²) in [4.78, 5) is 21.7. The molecule has 0 aromatic heterocycles. The SMILES string of the molecule is CC[C@@H]1Cn2c(c3nc(-c4cc(Cl)cc(Cl)c4Cl)nc-3n(C)c2=O)N1. The van der Waals surface area contributed by atoms with Crippen LogP contribution in [0.1, 0.15) is 13.3 Å². The number of rotatable bonds is 2. The quantitative estimate of drug-likeness (QED) is 0.665. The first-order chi connectivity index (χ1) is 11.9. The van der Waals surface area contributed by atoms with Gasteiger partial charge in [-0.15, -0.1) is 0 Å². The number of aromatic nitrogens is 4. The Bertz CT molecular complexity index is 1030. The van der Waals surface area contributed by atoms with Crippen molar-refractivity contribution in [2.75, 3.05) is 5.32 Å². The molecule has 3 aliphatic heterocycles. The summed E-state index contributed by atoms with van der Waals surface area (Å²) in [5.74, 6) is 1.56. The van der Waals surface area contributed by atoms with Crippen LogP contribution >= 0.6 is 34.8 Å². The first-order valence-electron chi connectivity index (χ1n) is 7.79. The molecule has 0 bridgehead atoms. The zero-order valence-corrected chi connectivity index (χ0v) is 15.7. The third kappa shape index (κ3) is 2.51. The van der Waals surface area contributed by atoms with E-state index in [-0.39, 0.29) is 11.7 Å². The average Bonchev–Trinajstić information content (AvgIpc) is 3.20. The van der Waals surface area contributed by atoms with Crippen molar-refractivity contribution in [2.24, 2.45) is 7.05 Å². The minimum Gasteiger partial charge on any atom is -0.365 e. The van der Waals surface area contributed by atoms with Gasteiger partial charge in [0, 0.05) is 30.2 Å². The summed E-state index contributed by atoms with van der Waals surface area (Å²) in [6.45, 7) is 2.68. The molecule has 3 heterocycles. The average molecular weight is 399 g/mol. The fourth-order valence-corrected chi connectivity index (χ4v) is 3.75. The van der Waals surface area contributed by atoms with Gasteiger partial charge >= 0.3 is 5.69 Å². The third-order valence-corrected chi connectivity index (χ3v) is 5.46. The van der Waals surface area contributed by atoms with Gasteiger partial charge in [-0.05, 0) is 18.6 Å². The van der Waals surface area contributed by atoms with E-state index in [0.29, 0.717) is 50.3 Å². The lowest BCUT2D eigenvalue weighted by Crippen LogP contribution is -2.30. The van der Waals surface area contributed by atoms with Gasteiger partial charge in [-0.1, -0.05) is 41.7 Å². The van der Waals surface area contributed by atoms with E-state index < -0.39 is 0 Å². The maximum absolute atomic E-state index is 12.6. The van der Waals surface area contributed by atoms with Gasteiger partial charge < -0.3 is 5.32 Å². The van der Waals surface area contributed by atoms with Crippen LogP contribution in [0.3, 0.4) is 0 Å². The largest absolute Gasteiger partial charge is 0.365 e. The number of hydrogen-bond donors (Lipinski definition) is 1. The minimum absolute atomic E-state index is 0.132. The van der Waals surface area contributed by atoms with Crippen LogP contribution in [0.5, 0.6) is 0 Å². The van der Waals surface area contributed by atoms with Crippen LogP contribution in [0.15, 0.2) is 16.9 Å². The molecule has 0 saturated carbocycles. The Morgan fingerprint density at radius 2 is 2.04 bits per heavy atom. The molecule has 4 rings (SSSR count). The van der Waals surface area contributed by atoms with Crippen LogP contribution in [0.4, 0.5) is 5.82 Å². The molecule has 0 fully saturated rings. The van der Waals surface area contributed by atoms with Crippen LogP contribution in [0, 0.1) is 0 Å². The number of fused-ring (bicyclic) bond motifs is 3. The van der Waals surface area contributed by atoms with Crippen LogP contribution in [-0.4, -0.2) is 25.1 Å². The fourth-order valence-electron chi connectivity index (χ4n) is 3.07. The summed E-state index contributed by atoms with van der Waals surface area (Å²) in [6, 6.07) is 3.43. The van der Waals surface area contributed by atoms with Crippen LogP contribution < -0.4 is 11.0 Å². The second kappa shape index (κ2) is 5.90. The Balaban J connectivity index is 1.98. The zero-order valence-electron chi connectivity index (χ0n) is 13.5. The van der Waals surface area contributed by atoms with Crippen molar-refractivity contribution >= 4 is 40.6 Å². The number of benzene rings is 1. The fraction of sp³-hybridized carbons (Fsp3) is 0.312. The molecular weight excluding hydrogens is 385 g/mol. The zero-order chi connectivity index (χ0) is 17.9. The third-order valence-electron chi connectivity index (χ3n) is 4.44. The molecule has 0 spiro atoms. The van der Waals surface area contributed by atoms with Gasteiger partial charge in [-0.3, -0.25) is 9.13 Å². The highest BCUT2D eigenvalue weighted by Crippen LogP contribution is 2.38. The Morgan fingerprint density at radius 1 is 1.28 bits per heavy atom. The molecule has 6 nitrogen and oxygen atoms in total. The molecule has 0 radical (unpaired) electrons. The molecule has 0 aliphatic carbocycles. The van der Waals surface area contributed by atoms with Crippen LogP contribution in [-0.2, 0) is 13.6 Å². The molecule has 1 atom stereocenters. The number of halogens is 3. The van der Waals surface area contributed by atoms with Gasteiger partial charge in [0.15, 0.2) is 11.6 Å². The molecule has 9 heteroatoms. The summed E-state index contributed by atoms with van der Waals surface area (Å²) < 4.78 is 3.19. The topological polar surface area (TPSA) is 64.7 Å². The second-order valence-electron chi connectivity index (χ2n) is 6.02. The summed E-state index contributed by atoms with van der Waals surface area (Å²) in [5.41, 5.74) is 1.03. The summed E-state index contributed by atoms with van der Waals surface area (Å²) >= 11 is 18.5. The van der Waals surface area contributed by atoms with Crippen molar-refractivity contribution in [1.82, 2.24) is 19.1 Å². The first-order valence-corrected chi connectivity index (χ1v) is 8.92. The van der Waals surface area contributed by atoms with Crippen LogP contribution in [0.2, 0.25) is 15.1 Å². The maximum Gasteiger partial charge on any atom is 0.331 e. The number of hydrogen-bond acceptors (Lipinski definition) is 4.